The van der Waals surface area contributed by atoms with E-state index in [9.17, 15) is 14.4 Å². The van der Waals surface area contributed by atoms with Gasteiger partial charge in [0.15, 0.2) is 12.4 Å². The van der Waals surface area contributed by atoms with Gasteiger partial charge in [0.25, 0.3) is 5.91 Å². The maximum Gasteiger partial charge on any atom is 0.340 e. The monoisotopic (exact) mass is 392 g/mol. The molecule has 0 radical (unpaired) electrons. The first-order chi connectivity index (χ1) is 14.0. The third-order valence-corrected chi connectivity index (χ3v) is 4.09. The molecule has 1 amide bonds. The highest BCUT2D eigenvalue weighted by atomic mass is 16.5. The number of carbonyl (C=O) groups is 3. The largest absolute Gasteiger partial charge is 0.467 e. The van der Waals surface area contributed by atoms with E-state index in [1.807, 2.05) is 6.07 Å². The van der Waals surface area contributed by atoms with Crippen molar-refractivity contribution in [3.05, 3.63) is 83.8 Å². The van der Waals surface area contributed by atoms with Crippen LogP contribution in [-0.4, -0.2) is 24.3 Å². The van der Waals surface area contributed by atoms with Gasteiger partial charge < -0.3 is 19.8 Å². The predicted molar refractivity (Wildman–Crippen MR) is 108 cm³/mol. The summed E-state index contributed by atoms with van der Waals surface area (Å²) in [6.45, 7) is 1.34. The van der Waals surface area contributed by atoms with E-state index in [0.29, 0.717) is 29.0 Å². The summed E-state index contributed by atoms with van der Waals surface area (Å²) < 4.78 is 10.4. The number of Topliss-reactive ketones (excluding diaryl/α,β-unsaturated/α-hetero) is 1. The van der Waals surface area contributed by atoms with Gasteiger partial charge in [-0.05, 0) is 43.3 Å². The van der Waals surface area contributed by atoms with Gasteiger partial charge >= 0.3 is 5.97 Å². The Hall–Kier alpha value is -3.87. The molecule has 7 heteroatoms. The quantitative estimate of drug-likeness (QED) is 0.446. The minimum absolute atomic E-state index is 0.172. The Balaban J connectivity index is 1.59. The van der Waals surface area contributed by atoms with Crippen molar-refractivity contribution in [3.8, 4) is 0 Å². The van der Waals surface area contributed by atoms with Gasteiger partial charge in [0, 0.05) is 11.3 Å². The van der Waals surface area contributed by atoms with Crippen LogP contribution in [0.25, 0.3) is 0 Å². The SMILES string of the molecule is CC(=O)c1ccccc1NC(=O)COC(=O)c1ccccc1NCc1ccco1. The highest BCUT2D eigenvalue weighted by molar-refractivity contribution is 6.04. The molecule has 0 bridgehead atoms. The zero-order chi connectivity index (χ0) is 20.6. The summed E-state index contributed by atoms with van der Waals surface area (Å²) in [4.78, 5) is 36.2. The first kappa shape index (κ1) is 19.9. The van der Waals surface area contributed by atoms with Crippen LogP contribution < -0.4 is 10.6 Å². The number of hydrogen-bond donors (Lipinski definition) is 2. The van der Waals surface area contributed by atoms with Crippen molar-refractivity contribution in [3.63, 3.8) is 0 Å². The van der Waals surface area contributed by atoms with Crippen LogP contribution in [-0.2, 0) is 16.1 Å². The Morgan fingerprint density at radius 2 is 1.59 bits per heavy atom. The van der Waals surface area contributed by atoms with Crippen LogP contribution >= 0.6 is 0 Å². The third kappa shape index (κ3) is 5.32. The molecule has 3 aromatic rings. The molecule has 2 N–H and O–H groups in total. The number of ketones is 1. The zero-order valence-corrected chi connectivity index (χ0v) is 15.8. The van der Waals surface area contributed by atoms with Crippen molar-refractivity contribution in [1.29, 1.82) is 0 Å². The molecule has 0 atom stereocenters. The van der Waals surface area contributed by atoms with Crippen LogP contribution in [0.3, 0.4) is 0 Å². The first-order valence-corrected chi connectivity index (χ1v) is 8.97. The summed E-state index contributed by atoms with van der Waals surface area (Å²) in [6, 6.07) is 17.1. The lowest BCUT2D eigenvalue weighted by Crippen LogP contribution is -2.22. The van der Waals surface area contributed by atoms with E-state index < -0.39 is 18.5 Å². The van der Waals surface area contributed by atoms with Crippen molar-refractivity contribution < 1.29 is 23.5 Å². The number of nitrogens with one attached hydrogen (secondary N) is 2. The van der Waals surface area contributed by atoms with Gasteiger partial charge in [0.05, 0.1) is 24.1 Å². The van der Waals surface area contributed by atoms with Crippen LogP contribution in [0.2, 0.25) is 0 Å². The van der Waals surface area contributed by atoms with Gasteiger partial charge in [-0.1, -0.05) is 24.3 Å². The summed E-state index contributed by atoms with van der Waals surface area (Å²) in [5.41, 5.74) is 1.63. The van der Waals surface area contributed by atoms with Gasteiger partial charge in [-0.25, -0.2) is 4.79 Å². The fraction of sp³-hybridized carbons (Fsp3) is 0.136. The summed E-state index contributed by atoms with van der Waals surface area (Å²) in [5, 5.41) is 5.70. The number of rotatable bonds is 8. The molecule has 0 unspecified atom stereocenters. The minimum atomic E-state index is -0.637. The smallest absolute Gasteiger partial charge is 0.340 e. The molecule has 2 aromatic carbocycles. The first-order valence-electron chi connectivity index (χ1n) is 8.97. The lowest BCUT2D eigenvalue weighted by atomic mass is 10.1. The highest BCUT2D eigenvalue weighted by Gasteiger charge is 2.15. The Kier molecular flexibility index (Phi) is 6.42. The molecule has 0 aliphatic rings. The normalized spacial score (nSPS) is 10.2. The number of ether oxygens (including phenoxy) is 1. The van der Waals surface area contributed by atoms with E-state index in [2.05, 4.69) is 10.6 Å². The maximum absolute atomic E-state index is 12.4. The highest BCUT2D eigenvalue weighted by Crippen LogP contribution is 2.18. The summed E-state index contributed by atoms with van der Waals surface area (Å²) in [7, 11) is 0. The number of carbonyl (C=O) groups excluding carboxylic acids is 3. The fourth-order valence-corrected chi connectivity index (χ4v) is 2.71. The Morgan fingerprint density at radius 1 is 0.897 bits per heavy atom. The number of amides is 1. The molecule has 1 heterocycles. The topological polar surface area (TPSA) is 97.6 Å². The average molecular weight is 392 g/mol. The fourth-order valence-electron chi connectivity index (χ4n) is 2.71. The van der Waals surface area contributed by atoms with Gasteiger partial charge in [-0.15, -0.1) is 0 Å². The number of benzene rings is 2. The van der Waals surface area contributed by atoms with E-state index in [-0.39, 0.29) is 5.78 Å². The number of furan rings is 1. The van der Waals surface area contributed by atoms with E-state index in [4.69, 9.17) is 9.15 Å². The molecule has 0 saturated carbocycles. The number of para-hydroxylation sites is 2. The van der Waals surface area contributed by atoms with Crippen molar-refractivity contribution in [1.82, 2.24) is 0 Å². The number of esters is 1. The lowest BCUT2D eigenvalue weighted by Gasteiger charge is -2.12. The van der Waals surface area contributed by atoms with Crippen molar-refractivity contribution in [2.24, 2.45) is 0 Å². The molecule has 0 aliphatic heterocycles. The second-order valence-electron chi connectivity index (χ2n) is 6.20. The summed E-state index contributed by atoms with van der Waals surface area (Å²) >= 11 is 0. The Labute approximate surface area is 167 Å². The van der Waals surface area contributed by atoms with Gasteiger partial charge in [0.1, 0.15) is 5.76 Å². The van der Waals surface area contributed by atoms with Crippen LogP contribution in [0.1, 0.15) is 33.4 Å². The van der Waals surface area contributed by atoms with Gasteiger partial charge in [0.2, 0.25) is 0 Å². The average Bonchev–Trinajstić information content (AvgIpc) is 3.24. The van der Waals surface area contributed by atoms with E-state index in [1.54, 1.807) is 60.9 Å². The zero-order valence-electron chi connectivity index (χ0n) is 15.8. The second kappa shape index (κ2) is 9.36. The molecule has 0 saturated heterocycles. The maximum atomic E-state index is 12.4. The van der Waals surface area contributed by atoms with Crippen molar-refractivity contribution in [2.45, 2.75) is 13.5 Å². The predicted octanol–water partition coefficient (Wildman–Crippen LogP) is 3.89. The van der Waals surface area contributed by atoms with E-state index in [1.165, 1.54) is 6.92 Å². The molecule has 148 valence electrons. The van der Waals surface area contributed by atoms with E-state index in [0.717, 1.165) is 5.76 Å². The van der Waals surface area contributed by atoms with E-state index >= 15 is 0 Å². The number of hydrogen-bond acceptors (Lipinski definition) is 6. The Morgan fingerprint density at radius 3 is 2.28 bits per heavy atom. The third-order valence-electron chi connectivity index (χ3n) is 4.09. The molecule has 0 aliphatic carbocycles. The molecule has 7 nitrogen and oxygen atoms in total. The minimum Gasteiger partial charge on any atom is -0.467 e. The van der Waals surface area contributed by atoms with Crippen LogP contribution in [0.4, 0.5) is 11.4 Å². The molecule has 0 fully saturated rings. The number of anilines is 2. The molecular weight excluding hydrogens is 372 g/mol. The van der Waals surface area contributed by atoms with Crippen molar-refractivity contribution in [2.75, 3.05) is 17.2 Å². The van der Waals surface area contributed by atoms with Crippen LogP contribution in [0.15, 0.2) is 71.3 Å². The second-order valence-corrected chi connectivity index (χ2v) is 6.20. The molecule has 29 heavy (non-hydrogen) atoms. The summed E-state index contributed by atoms with van der Waals surface area (Å²) in [6.07, 6.45) is 1.57. The molecular formula is C22H20N2O5. The van der Waals surface area contributed by atoms with Gasteiger partial charge in [-0.2, -0.15) is 0 Å². The van der Waals surface area contributed by atoms with Crippen molar-refractivity contribution >= 4 is 29.0 Å². The summed E-state index contributed by atoms with van der Waals surface area (Å²) in [5.74, 6) is -0.623. The Bertz CT molecular complexity index is 1010. The van der Waals surface area contributed by atoms with Crippen LogP contribution in [0, 0.1) is 0 Å². The lowest BCUT2D eigenvalue weighted by molar-refractivity contribution is -0.119. The standard InChI is InChI=1S/C22H20N2O5/c1-15(25)17-8-2-5-11-20(17)24-21(26)14-29-22(27)18-9-3-4-10-19(18)23-13-16-7-6-12-28-16/h2-12,23H,13-14H2,1H3,(H,24,26). The molecule has 1 aromatic heterocycles. The molecule has 3 rings (SSSR count). The van der Waals surface area contributed by atoms with Crippen LogP contribution in [0.5, 0.6) is 0 Å². The molecule has 0 spiro atoms. The van der Waals surface area contributed by atoms with Gasteiger partial charge in [-0.3, -0.25) is 9.59 Å².